The van der Waals surface area contributed by atoms with Crippen LogP contribution in [0.2, 0.25) is 5.02 Å². The first kappa shape index (κ1) is 19.6. The summed E-state index contributed by atoms with van der Waals surface area (Å²) in [7, 11) is 0. The molecule has 0 spiro atoms. The van der Waals surface area contributed by atoms with Crippen LogP contribution in [0.4, 0.5) is 0 Å². The molecule has 0 aliphatic rings. The molecular weight excluding hydrogens is 384 g/mol. The molecule has 144 valence electrons. The highest BCUT2D eigenvalue weighted by Gasteiger charge is 2.11. The Kier molecular flexibility index (Phi) is 6.39. The zero-order valence-electron chi connectivity index (χ0n) is 15.1. The van der Waals surface area contributed by atoms with Gasteiger partial charge in [0.1, 0.15) is 5.75 Å². The molecule has 1 aromatic heterocycles. The fraction of sp³-hybridized carbons (Fsp3) is 0.200. The maximum Gasteiger partial charge on any atom is 0.309 e. The fourth-order valence-electron chi connectivity index (χ4n) is 2.28. The number of rotatable bonds is 8. The lowest BCUT2D eigenvalue weighted by atomic mass is 10.1. The van der Waals surface area contributed by atoms with Crippen molar-refractivity contribution in [3.05, 3.63) is 65.0 Å². The minimum atomic E-state index is -0.452. The van der Waals surface area contributed by atoms with Gasteiger partial charge < -0.3 is 14.0 Å². The smallest absolute Gasteiger partial charge is 0.309 e. The van der Waals surface area contributed by atoms with Crippen molar-refractivity contribution >= 4 is 23.4 Å². The standard InChI is InChI=1S/C20H17ClN2O5/c1-13(24)14-4-8-17(9-5-14)26-11-10-19(25)27-12-18-22-20(23-28-18)15-2-6-16(21)7-3-15/h2-9H,10-12H2,1H3. The van der Waals surface area contributed by atoms with Gasteiger partial charge in [-0.1, -0.05) is 16.8 Å². The minimum absolute atomic E-state index is 0.0182. The second-order valence-corrected chi connectivity index (χ2v) is 6.29. The first-order chi connectivity index (χ1) is 13.5. The molecule has 0 amide bonds. The van der Waals surface area contributed by atoms with Crippen molar-refractivity contribution in [1.29, 1.82) is 0 Å². The zero-order valence-corrected chi connectivity index (χ0v) is 15.8. The summed E-state index contributed by atoms with van der Waals surface area (Å²) >= 11 is 5.84. The van der Waals surface area contributed by atoms with Gasteiger partial charge in [-0.25, -0.2) is 0 Å². The van der Waals surface area contributed by atoms with Crippen LogP contribution in [0.5, 0.6) is 5.75 Å². The third-order valence-corrected chi connectivity index (χ3v) is 4.01. The van der Waals surface area contributed by atoms with Crippen LogP contribution in [0.25, 0.3) is 11.4 Å². The highest BCUT2D eigenvalue weighted by atomic mass is 35.5. The number of Topliss-reactive ketones (excluding diaryl/α,β-unsaturated/α-hetero) is 1. The maximum absolute atomic E-state index is 11.8. The Morgan fingerprint density at radius 3 is 2.46 bits per heavy atom. The number of benzene rings is 2. The van der Waals surface area contributed by atoms with Crippen LogP contribution < -0.4 is 4.74 Å². The number of hydrogen-bond donors (Lipinski definition) is 0. The van der Waals surface area contributed by atoms with Gasteiger partial charge in [0, 0.05) is 16.1 Å². The maximum atomic E-state index is 11.8. The number of aromatic nitrogens is 2. The van der Waals surface area contributed by atoms with E-state index < -0.39 is 5.97 Å². The van der Waals surface area contributed by atoms with Gasteiger partial charge in [0.15, 0.2) is 12.4 Å². The zero-order chi connectivity index (χ0) is 19.9. The molecule has 28 heavy (non-hydrogen) atoms. The fourth-order valence-corrected chi connectivity index (χ4v) is 2.41. The summed E-state index contributed by atoms with van der Waals surface area (Å²) in [5.41, 5.74) is 1.35. The van der Waals surface area contributed by atoms with E-state index in [-0.39, 0.29) is 31.3 Å². The van der Waals surface area contributed by atoms with E-state index in [9.17, 15) is 9.59 Å². The van der Waals surface area contributed by atoms with Crippen molar-refractivity contribution in [3.8, 4) is 17.1 Å². The summed E-state index contributed by atoms with van der Waals surface area (Å²) in [4.78, 5) is 27.2. The Labute approximate surface area is 166 Å². The van der Waals surface area contributed by atoms with Gasteiger partial charge in [-0.3, -0.25) is 9.59 Å². The largest absolute Gasteiger partial charge is 0.493 e. The average molecular weight is 401 g/mol. The number of carbonyl (C=O) groups excluding carboxylic acids is 2. The Balaban J connectivity index is 1.42. The van der Waals surface area contributed by atoms with Crippen LogP contribution >= 0.6 is 11.6 Å². The van der Waals surface area contributed by atoms with Crippen LogP contribution in [0, 0.1) is 0 Å². The van der Waals surface area contributed by atoms with E-state index in [1.165, 1.54) is 6.92 Å². The second-order valence-electron chi connectivity index (χ2n) is 5.86. The Bertz CT molecular complexity index is 951. The van der Waals surface area contributed by atoms with Crippen LogP contribution in [0.3, 0.4) is 0 Å². The number of esters is 1. The molecule has 0 saturated carbocycles. The number of nitrogens with zero attached hydrogens (tertiary/aromatic N) is 2. The van der Waals surface area contributed by atoms with Crippen LogP contribution in [0.1, 0.15) is 29.6 Å². The lowest BCUT2D eigenvalue weighted by molar-refractivity contribution is -0.146. The number of halogens is 1. The SMILES string of the molecule is CC(=O)c1ccc(OCCC(=O)OCc2nc(-c3ccc(Cl)cc3)no2)cc1. The predicted molar refractivity (Wildman–Crippen MR) is 101 cm³/mol. The van der Waals surface area contributed by atoms with Gasteiger partial charge in [0.2, 0.25) is 5.82 Å². The van der Waals surface area contributed by atoms with E-state index >= 15 is 0 Å². The van der Waals surface area contributed by atoms with E-state index in [1.54, 1.807) is 48.5 Å². The predicted octanol–water partition coefficient (Wildman–Crippen LogP) is 4.10. The van der Waals surface area contributed by atoms with Crippen molar-refractivity contribution < 1.29 is 23.6 Å². The number of ketones is 1. The quantitative estimate of drug-likeness (QED) is 0.415. The first-order valence-corrected chi connectivity index (χ1v) is 8.87. The van der Waals surface area contributed by atoms with Gasteiger partial charge >= 0.3 is 5.97 Å². The van der Waals surface area contributed by atoms with Gasteiger partial charge in [-0.15, -0.1) is 0 Å². The molecule has 0 saturated heterocycles. The molecule has 0 bridgehead atoms. The molecular formula is C20H17ClN2O5. The van der Waals surface area contributed by atoms with E-state index in [4.69, 9.17) is 25.6 Å². The second kappa shape index (κ2) is 9.14. The minimum Gasteiger partial charge on any atom is -0.493 e. The molecule has 0 N–H and O–H groups in total. The summed E-state index contributed by atoms with van der Waals surface area (Å²) in [6, 6.07) is 13.7. The van der Waals surface area contributed by atoms with Gasteiger partial charge in [0.05, 0.1) is 13.0 Å². The molecule has 0 atom stereocenters. The van der Waals surface area contributed by atoms with Crippen molar-refractivity contribution in [2.24, 2.45) is 0 Å². The molecule has 0 unspecified atom stereocenters. The molecule has 7 nitrogen and oxygen atoms in total. The molecule has 0 fully saturated rings. The van der Waals surface area contributed by atoms with E-state index in [0.29, 0.717) is 22.2 Å². The lowest BCUT2D eigenvalue weighted by Crippen LogP contribution is -2.10. The van der Waals surface area contributed by atoms with Crippen molar-refractivity contribution in [2.45, 2.75) is 20.0 Å². The third-order valence-electron chi connectivity index (χ3n) is 3.76. The lowest BCUT2D eigenvalue weighted by Gasteiger charge is -2.06. The van der Waals surface area contributed by atoms with E-state index in [1.807, 2.05) is 0 Å². The summed E-state index contributed by atoms with van der Waals surface area (Å²) in [5.74, 6) is 0.684. The molecule has 0 aliphatic heterocycles. The molecule has 3 aromatic rings. The molecule has 0 aliphatic carbocycles. The molecule has 3 rings (SSSR count). The van der Waals surface area contributed by atoms with Crippen LogP contribution in [-0.2, 0) is 16.1 Å². The van der Waals surface area contributed by atoms with Crippen molar-refractivity contribution in [3.63, 3.8) is 0 Å². The van der Waals surface area contributed by atoms with Gasteiger partial charge in [-0.2, -0.15) is 4.98 Å². The third kappa shape index (κ3) is 5.40. The number of carbonyl (C=O) groups is 2. The molecule has 2 aromatic carbocycles. The monoisotopic (exact) mass is 400 g/mol. The Morgan fingerprint density at radius 1 is 1.07 bits per heavy atom. The summed E-state index contributed by atoms with van der Waals surface area (Å²) in [6.45, 7) is 1.53. The van der Waals surface area contributed by atoms with Crippen LogP contribution in [0.15, 0.2) is 53.1 Å². The first-order valence-electron chi connectivity index (χ1n) is 8.49. The van der Waals surface area contributed by atoms with Gasteiger partial charge in [0.25, 0.3) is 5.89 Å². The van der Waals surface area contributed by atoms with Gasteiger partial charge in [-0.05, 0) is 55.5 Å². The molecule has 1 heterocycles. The van der Waals surface area contributed by atoms with E-state index in [0.717, 1.165) is 5.56 Å². The summed E-state index contributed by atoms with van der Waals surface area (Å²) in [5, 5.41) is 4.46. The summed E-state index contributed by atoms with van der Waals surface area (Å²) in [6.07, 6.45) is 0.0621. The number of hydrogen-bond acceptors (Lipinski definition) is 7. The Hall–Kier alpha value is -3.19. The number of ether oxygens (including phenoxy) is 2. The summed E-state index contributed by atoms with van der Waals surface area (Å²) < 4.78 is 15.6. The molecule has 8 heteroatoms. The van der Waals surface area contributed by atoms with Crippen molar-refractivity contribution in [2.75, 3.05) is 6.61 Å². The van der Waals surface area contributed by atoms with Crippen molar-refractivity contribution in [1.82, 2.24) is 10.1 Å². The van der Waals surface area contributed by atoms with E-state index in [2.05, 4.69) is 10.1 Å². The normalized spacial score (nSPS) is 10.5. The highest BCUT2D eigenvalue weighted by molar-refractivity contribution is 6.30. The highest BCUT2D eigenvalue weighted by Crippen LogP contribution is 2.19. The Morgan fingerprint density at radius 2 is 1.79 bits per heavy atom. The molecule has 0 radical (unpaired) electrons. The topological polar surface area (TPSA) is 91.5 Å². The van der Waals surface area contributed by atoms with Crippen LogP contribution in [-0.4, -0.2) is 28.5 Å². The average Bonchev–Trinajstić information content (AvgIpc) is 3.16.